The van der Waals surface area contributed by atoms with Crippen LogP contribution in [0.1, 0.15) is 32.6 Å². The number of methoxy groups -OCH3 is 1. The maximum Gasteiger partial charge on any atom is 0.244 e. The lowest BCUT2D eigenvalue weighted by Gasteiger charge is -2.27. The van der Waals surface area contributed by atoms with Gasteiger partial charge >= 0.3 is 0 Å². The molecule has 1 saturated heterocycles. The normalized spacial score (nSPS) is 23.9. The second kappa shape index (κ2) is 7.31. The van der Waals surface area contributed by atoms with Gasteiger partial charge in [0, 0.05) is 23.7 Å². The van der Waals surface area contributed by atoms with E-state index in [1.165, 1.54) is 13.2 Å². The number of benzene rings is 1. The van der Waals surface area contributed by atoms with E-state index in [-0.39, 0.29) is 28.5 Å². The first-order valence-corrected chi connectivity index (χ1v) is 10.1. The van der Waals surface area contributed by atoms with Crippen LogP contribution in [0.4, 0.5) is 5.69 Å². The Bertz CT molecular complexity index is 746. The Hall–Kier alpha value is -1.64. The van der Waals surface area contributed by atoms with E-state index in [4.69, 9.17) is 4.74 Å². The molecule has 2 fully saturated rings. The number of carbonyl (C=O) groups is 1. The maximum absolute atomic E-state index is 12.5. The lowest BCUT2D eigenvalue weighted by molar-refractivity contribution is -0.120. The van der Waals surface area contributed by atoms with E-state index >= 15 is 0 Å². The van der Waals surface area contributed by atoms with Crippen LogP contribution < -0.4 is 20.1 Å². The highest BCUT2D eigenvalue weighted by atomic mass is 32.2. The number of nitrogens with one attached hydrogen (secondary N) is 3. The van der Waals surface area contributed by atoms with Gasteiger partial charge in [0.15, 0.2) is 0 Å². The molecule has 2 aliphatic rings. The number of anilines is 1. The average molecular weight is 367 g/mol. The molecule has 2 atom stereocenters. The van der Waals surface area contributed by atoms with Crippen LogP contribution in [0.2, 0.25) is 0 Å². The van der Waals surface area contributed by atoms with Gasteiger partial charge in [-0.1, -0.05) is 0 Å². The summed E-state index contributed by atoms with van der Waals surface area (Å²) in [6.07, 6.45) is 3.26. The molecule has 138 valence electrons. The highest BCUT2D eigenvalue weighted by Gasteiger charge is 2.30. The third-order valence-corrected chi connectivity index (χ3v) is 6.16. The van der Waals surface area contributed by atoms with E-state index < -0.39 is 10.0 Å². The van der Waals surface area contributed by atoms with Gasteiger partial charge in [0.25, 0.3) is 0 Å². The van der Waals surface area contributed by atoms with Crippen molar-refractivity contribution in [1.29, 1.82) is 0 Å². The van der Waals surface area contributed by atoms with Gasteiger partial charge < -0.3 is 15.4 Å². The van der Waals surface area contributed by atoms with Crippen molar-refractivity contribution in [3.05, 3.63) is 18.2 Å². The Labute approximate surface area is 148 Å². The summed E-state index contributed by atoms with van der Waals surface area (Å²) in [7, 11) is -2.24. The van der Waals surface area contributed by atoms with Crippen molar-refractivity contribution < 1.29 is 17.9 Å². The number of hydrogen-bond donors (Lipinski definition) is 3. The molecule has 1 aliphatic carbocycles. The largest absolute Gasteiger partial charge is 0.495 e. The average Bonchev–Trinajstić information content (AvgIpc) is 3.38. The van der Waals surface area contributed by atoms with Crippen LogP contribution in [-0.4, -0.2) is 40.1 Å². The van der Waals surface area contributed by atoms with Crippen LogP contribution >= 0.6 is 0 Å². The van der Waals surface area contributed by atoms with E-state index in [0.717, 1.165) is 32.2 Å². The van der Waals surface area contributed by atoms with E-state index in [9.17, 15) is 13.2 Å². The predicted molar refractivity (Wildman–Crippen MR) is 95.2 cm³/mol. The summed E-state index contributed by atoms with van der Waals surface area (Å²) in [5.41, 5.74) is 0.466. The Kier molecular flexibility index (Phi) is 5.31. The van der Waals surface area contributed by atoms with Crippen LogP contribution in [0.15, 0.2) is 23.1 Å². The maximum atomic E-state index is 12.5. The summed E-state index contributed by atoms with van der Waals surface area (Å²) in [6, 6.07) is 5.01. The topological polar surface area (TPSA) is 96.5 Å². The second-order valence-electron chi connectivity index (χ2n) is 6.83. The molecule has 0 aromatic heterocycles. The number of piperidine rings is 1. The fourth-order valence-electron chi connectivity index (χ4n) is 3.06. The second-order valence-corrected chi connectivity index (χ2v) is 8.51. The molecule has 3 N–H and O–H groups in total. The summed E-state index contributed by atoms with van der Waals surface area (Å²) in [5, 5.41) is 6.17. The third kappa shape index (κ3) is 4.50. The lowest BCUT2D eigenvalue weighted by Crippen LogP contribution is -2.40. The first-order chi connectivity index (χ1) is 11.9. The summed E-state index contributed by atoms with van der Waals surface area (Å²) in [6.45, 7) is 2.87. The first-order valence-electron chi connectivity index (χ1n) is 8.63. The highest BCUT2D eigenvalue weighted by Crippen LogP contribution is 2.30. The molecule has 3 rings (SSSR count). The quantitative estimate of drug-likeness (QED) is 0.707. The molecule has 8 heteroatoms. The molecule has 1 heterocycles. The SMILES string of the molecule is COc1ccc(NC(=O)[C@H]2CCN[C@@H](C)C2)cc1S(=O)(=O)NC1CC1. The molecule has 0 unspecified atom stereocenters. The van der Waals surface area contributed by atoms with Gasteiger partial charge in [-0.3, -0.25) is 4.79 Å². The Morgan fingerprint density at radius 1 is 1.28 bits per heavy atom. The molecule has 1 aromatic rings. The molecule has 25 heavy (non-hydrogen) atoms. The summed E-state index contributed by atoms with van der Waals surface area (Å²) in [4.78, 5) is 12.5. The number of amides is 1. The standard InChI is InChI=1S/C17H25N3O4S/c1-11-9-12(7-8-18-11)17(21)19-14-5-6-15(24-2)16(10-14)25(22,23)20-13-3-4-13/h5-6,10-13,18,20H,3-4,7-9H2,1-2H3,(H,19,21)/t11-,12-/m0/s1. The van der Waals surface area contributed by atoms with Crippen molar-refractivity contribution in [3.63, 3.8) is 0 Å². The van der Waals surface area contributed by atoms with Crippen molar-refractivity contribution in [2.75, 3.05) is 19.0 Å². The fourth-order valence-corrected chi connectivity index (χ4v) is 4.56. The van der Waals surface area contributed by atoms with Crippen molar-refractivity contribution in [2.45, 2.75) is 49.6 Å². The van der Waals surface area contributed by atoms with Crippen molar-refractivity contribution in [1.82, 2.24) is 10.0 Å². The summed E-state index contributed by atoms with van der Waals surface area (Å²) >= 11 is 0. The molecule has 1 amide bonds. The fraction of sp³-hybridized carbons (Fsp3) is 0.588. The van der Waals surface area contributed by atoms with Gasteiger partial charge in [0.2, 0.25) is 15.9 Å². The third-order valence-electron chi connectivity index (χ3n) is 4.61. The lowest BCUT2D eigenvalue weighted by atomic mass is 9.92. The van der Waals surface area contributed by atoms with Crippen molar-refractivity contribution in [2.24, 2.45) is 5.92 Å². The van der Waals surface area contributed by atoms with Crippen LogP contribution in [0.3, 0.4) is 0 Å². The molecule has 1 saturated carbocycles. The highest BCUT2D eigenvalue weighted by molar-refractivity contribution is 7.89. The van der Waals surface area contributed by atoms with Crippen LogP contribution in [-0.2, 0) is 14.8 Å². The van der Waals surface area contributed by atoms with Crippen molar-refractivity contribution >= 4 is 21.6 Å². The molecular formula is C17H25N3O4S. The Morgan fingerprint density at radius 2 is 2.04 bits per heavy atom. The monoisotopic (exact) mass is 367 g/mol. The van der Waals surface area contributed by atoms with E-state index in [1.807, 2.05) is 0 Å². The van der Waals surface area contributed by atoms with Crippen LogP contribution in [0.5, 0.6) is 5.75 Å². The minimum atomic E-state index is -3.67. The molecule has 0 spiro atoms. The zero-order valence-corrected chi connectivity index (χ0v) is 15.4. The predicted octanol–water partition coefficient (Wildman–Crippen LogP) is 1.46. The molecule has 1 aliphatic heterocycles. The van der Waals surface area contributed by atoms with Crippen LogP contribution in [0, 0.1) is 5.92 Å². The molecule has 7 nitrogen and oxygen atoms in total. The number of carbonyl (C=O) groups excluding carboxylic acids is 1. The molecule has 1 aromatic carbocycles. The van der Waals surface area contributed by atoms with Crippen LogP contribution in [0.25, 0.3) is 0 Å². The molecule has 0 radical (unpaired) electrons. The zero-order chi connectivity index (χ0) is 18.0. The first kappa shape index (κ1) is 18.2. The number of hydrogen-bond acceptors (Lipinski definition) is 5. The van der Waals surface area contributed by atoms with E-state index in [1.54, 1.807) is 12.1 Å². The molecule has 0 bridgehead atoms. The van der Waals surface area contributed by atoms with E-state index in [2.05, 4.69) is 22.3 Å². The van der Waals surface area contributed by atoms with Gasteiger partial charge in [-0.25, -0.2) is 13.1 Å². The summed E-state index contributed by atoms with van der Waals surface area (Å²) in [5.74, 6) is 0.127. The Morgan fingerprint density at radius 3 is 2.68 bits per heavy atom. The van der Waals surface area contributed by atoms with Gasteiger partial charge in [-0.15, -0.1) is 0 Å². The summed E-state index contributed by atoms with van der Waals surface area (Å²) < 4.78 is 32.9. The minimum Gasteiger partial charge on any atom is -0.495 e. The van der Waals surface area contributed by atoms with Gasteiger partial charge in [0.05, 0.1) is 7.11 Å². The number of rotatable bonds is 6. The molecular weight excluding hydrogens is 342 g/mol. The zero-order valence-electron chi connectivity index (χ0n) is 14.5. The van der Waals surface area contributed by atoms with Gasteiger partial charge in [-0.2, -0.15) is 0 Å². The smallest absolute Gasteiger partial charge is 0.244 e. The van der Waals surface area contributed by atoms with Gasteiger partial charge in [-0.05, 0) is 57.4 Å². The van der Waals surface area contributed by atoms with E-state index in [0.29, 0.717) is 11.7 Å². The van der Waals surface area contributed by atoms with Crippen molar-refractivity contribution in [3.8, 4) is 5.75 Å². The number of ether oxygens (including phenoxy) is 1. The Balaban J connectivity index is 1.78. The number of sulfonamides is 1. The van der Waals surface area contributed by atoms with Gasteiger partial charge in [0.1, 0.15) is 10.6 Å². The minimum absolute atomic E-state index is 0.00387.